The number of nitrogens with one attached hydrogen (secondary N) is 1. The Morgan fingerprint density at radius 1 is 1.47 bits per heavy atom. The fraction of sp³-hybridized carbons (Fsp3) is 0.667. The summed E-state index contributed by atoms with van der Waals surface area (Å²) < 4.78 is 2.12. The van der Waals surface area contributed by atoms with Crippen molar-refractivity contribution in [1.82, 2.24) is 14.5 Å². The third-order valence-electron chi connectivity index (χ3n) is 2.90. The number of aromatic nitrogens is 2. The first-order valence-corrected chi connectivity index (χ1v) is 6.98. The second-order valence-electron chi connectivity index (χ2n) is 5.88. The molecule has 0 saturated carbocycles. The molecule has 0 spiro atoms. The van der Waals surface area contributed by atoms with Gasteiger partial charge in [-0.1, -0.05) is 19.9 Å². The second-order valence-corrected chi connectivity index (χ2v) is 5.88. The zero-order valence-corrected chi connectivity index (χ0v) is 13.0. The van der Waals surface area contributed by atoms with Crippen molar-refractivity contribution in [3.63, 3.8) is 0 Å². The van der Waals surface area contributed by atoms with E-state index in [1.165, 1.54) is 0 Å². The molecule has 1 rings (SSSR count). The zero-order valence-electron chi connectivity index (χ0n) is 13.0. The van der Waals surface area contributed by atoms with Gasteiger partial charge < -0.3 is 14.8 Å². The van der Waals surface area contributed by atoms with Gasteiger partial charge in [0.2, 0.25) is 5.95 Å². The van der Waals surface area contributed by atoms with Crippen LogP contribution in [0.1, 0.15) is 26.0 Å². The van der Waals surface area contributed by atoms with Gasteiger partial charge in [-0.2, -0.15) is 0 Å². The summed E-state index contributed by atoms with van der Waals surface area (Å²) in [5.74, 6) is 1.62. The average molecular weight is 264 g/mol. The van der Waals surface area contributed by atoms with Crippen molar-refractivity contribution in [3.8, 4) is 0 Å². The quantitative estimate of drug-likeness (QED) is 0.733. The SMILES string of the molecule is C=CCn1cc(C)nc1NC(CC(C)C)CN(C)C. The number of likely N-dealkylation sites (N-methyl/N-ethyl adjacent to an activating group) is 1. The van der Waals surface area contributed by atoms with Gasteiger partial charge in [-0.05, 0) is 33.4 Å². The highest BCUT2D eigenvalue weighted by molar-refractivity contribution is 5.30. The average Bonchev–Trinajstić information content (AvgIpc) is 2.57. The summed E-state index contributed by atoms with van der Waals surface area (Å²) >= 11 is 0. The Morgan fingerprint density at radius 2 is 2.16 bits per heavy atom. The first-order chi connectivity index (χ1) is 8.92. The summed E-state index contributed by atoms with van der Waals surface area (Å²) in [6.07, 6.45) is 5.10. The van der Waals surface area contributed by atoms with Gasteiger partial charge in [0.15, 0.2) is 0 Å². The molecule has 1 atom stereocenters. The molecule has 0 amide bonds. The Bertz CT molecular complexity index is 383. The lowest BCUT2D eigenvalue weighted by Gasteiger charge is -2.24. The molecule has 0 aliphatic rings. The van der Waals surface area contributed by atoms with Gasteiger partial charge in [0, 0.05) is 25.3 Å². The van der Waals surface area contributed by atoms with Crippen molar-refractivity contribution in [2.45, 2.75) is 39.8 Å². The van der Waals surface area contributed by atoms with Crippen LogP contribution in [0.2, 0.25) is 0 Å². The summed E-state index contributed by atoms with van der Waals surface area (Å²) in [7, 11) is 4.22. The van der Waals surface area contributed by atoms with Crippen LogP contribution in [-0.2, 0) is 6.54 Å². The third kappa shape index (κ3) is 5.47. The van der Waals surface area contributed by atoms with Crippen molar-refractivity contribution in [3.05, 3.63) is 24.5 Å². The Kier molecular flexibility index (Phi) is 6.09. The number of nitrogens with zero attached hydrogens (tertiary/aromatic N) is 3. The van der Waals surface area contributed by atoms with Crippen LogP contribution in [0.5, 0.6) is 0 Å². The molecular formula is C15H28N4. The van der Waals surface area contributed by atoms with E-state index < -0.39 is 0 Å². The van der Waals surface area contributed by atoms with Crippen LogP contribution < -0.4 is 5.32 Å². The number of anilines is 1. The van der Waals surface area contributed by atoms with Crippen molar-refractivity contribution < 1.29 is 0 Å². The minimum Gasteiger partial charge on any atom is -0.352 e. The fourth-order valence-electron chi connectivity index (χ4n) is 2.31. The van der Waals surface area contributed by atoms with E-state index in [1.54, 1.807) is 0 Å². The minimum atomic E-state index is 0.417. The van der Waals surface area contributed by atoms with E-state index >= 15 is 0 Å². The molecule has 0 saturated heterocycles. The maximum atomic E-state index is 4.57. The smallest absolute Gasteiger partial charge is 0.203 e. The van der Waals surface area contributed by atoms with Crippen LogP contribution >= 0.6 is 0 Å². The molecule has 19 heavy (non-hydrogen) atoms. The number of aryl methyl sites for hydroxylation is 1. The summed E-state index contributed by atoms with van der Waals surface area (Å²) in [4.78, 5) is 6.79. The molecule has 0 fully saturated rings. The monoisotopic (exact) mass is 264 g/mol. The van der Waals surface area contributed by atoms with Crippen LogP contribution in [0.3, 0.4) is 0 Å². The molecule has 1 aromatic heterocycles. The van der Waals surface area contributed by atoms with Gasteiger partial charge in [0.1, 0.15) is 0 Å². The van der Waals surface area contributed by atoms with Gasteiger partial charge in [0.05, 0.1) is 5.69 Å². The third-order valence-corrected chi connectivity index (χ3v) is 2.90. The van der Waals surface area contributed by atoms with E-state index in [0.29, 0.717) is 12.0 Å². The Labute approximate surface area is 117 Å². The molecule has 0 aliphatic heterocycles. The largest absolute Gasteiger partial charge is 0.352 e. The normalized spacial score (nSPS) is 13.0. The molecule has 4 nitrogen and oxygen atoms in total. The van der Waals surface area contributed by atoms with Crippen LogP contribution in [0.15, 0.2) is 18.9 Å². The molecular weight excluding hydrogens is 236 g/mol. The van der Waals surface area contributed by atoms with Crippen molar-refractivity contribution in [1.29, 1.82) is 0 Å². The van der Waals surface area contributed by atoms with Crippen molar-refractivity contribution in [2.24, 2.45) is 5.92 Å². The van der Waals surface area contributed by atoms with Gasteiger partial charge >= 0.3 is 0 Å². The maximum Gasteiger partial charge on any atom is 0.203 e. The Hall–Kier alpha value is -1.29. The highest BCUT2D eigenvalue weighted by atomic mass is 15.2. The topological polar surface area (TPSA) is 33.1 Å². The molecule has 108 valence electrons. The predicted octanol–water partition coefficient (Wildman–Crippen LogP) is 2.77. The first kappa shape index (κ1) is 15.8. The Balaban J connectivity index is 2.79. The standard InChI is InChI=1S/C15H28N4/c1-7-8-19-10-13(4)16-15(19)17-14(9-12(2)3)11-18(5)6/h7,10,12,14H,1,8-9,11H2,2-6H3,(H,16,17). The van der Waals surface area contributed by atoms with Crippen LogP contribution in [0.25, 0.3) is 0 Å². The van der Waals surface area contributed by atoms with Gasteiger partial charge in [-0.3, -0.25) is 0 Å². The van der Waals surface area contributed by atoms with Crippen LogP contribution in [0.4, 0.5) is 5.95 Å². The molecule has 1 N–H and O–H groups in total. The number of rotatable bonds is 8. The number of hydrogen-bond acceptors (Lipinski definition) is 3. The molecule has 1 unspecified atom stereocenters. The van der Waals surface area contributed by atoms with E-state index in [4.69, 9.17) is 0 Å². The van der Waals surface area contributed by atoms with Crippen molar-refractivity contribution in [2.75, 3.05) is 26.0 Å². The number of imidazole rings is 1. The highest BCUT2D eigenvalue weighted by Crippen LogP contribution is 2.14. The zero-order chi connectivity index (χ0) is 14.4. The summed E-state index contributed by atoms with van der Waals surface area (Å²) in [5, 5.41) is 3.58. The summed E-state index contributed by atoms with van der Waals surface area (Å²) in [5.41, 5.74) is 1.04. The molecule has 0 radical (unpaired) electrons. The summed E-state index contributed by atoms with van der Waals surface area (Å²) in [6, 6.07) is 0.417. The molecule has 0 aliphatic carbocycles. The lowest BCUT2D eigenvalue weighted by molar-refractivity contribution is 0.355. The lowest BCUT2D eigenvalue weighted by atomic mass is 10.0. The first-order valence-electron chi connectivity index (χ1n) is 6.98. The highest BCUT2D eigenvalue weighted by Gasteiger charge is 2.15. The van der Waals surface area contributed by atoms with E-state index in [-0.39, 0.29) is 0 Å². The van der Waals surface area contributed by atoms with E-state index in [2.05, 4.69) is 60.5 Å². The van der Waals surface area contributed by atoms with Crippen LogP contribution in [0, 0.1) is 12.8 Å². The van der Waals surface area contributed by atoms with Gasteiger partial charge in [-0.15, -0.1) is 6.58 Å². The molecule has 0 aromatic carbocycles. The molecule has 1 aromatic rings. The number of hydrogen-bond donors (Lipinski definition) is 1. The molecule has 4 heteroatoms. The Morgan fingerprint density at radius 3 is 2.68 bits per heavy atom. The maximum absolute atomic E-state index is 4.57. The lowest BCUT2D eigenvalue weighted by Crippen LogP contribution is -2.34. The minimum absolute atomic E-state index is 0.417. The fourth-order valence-corrected chi connectivity index (χ4v) is 2.31. The van der Waals surface area contributed by atoms with Crippen molar-refractivity contribution >= 4 is 5.95 Å². The van der Waals surface area contributed by atoms with Gasteiger partial charge in [-0.25, -0.2) is 4.98 Å². The van der Waals surface area contributed by atoms with E-state index in [9.17, 15) is 0 Å². The molecule has 1 heterocycles. The molecule has 0 bridgehead atoms. The number of allylic oxidation sites excluding steroid dienone is 1. The van der Waals surface area contributed by atoms with E-state index in [0.717, 1.165) is 31.2 Å². The second kappa shape index (κ2) is 7.34. The van der Waals surface area contributed by atoms with Gasteiger partial charge in [0.25, 0.3) is 0 Å². The summed E-state index contributed by atoms with van der Waals surface area (Å²) in [6.45, 7) is 12.1. The van der Waals surface area contributed by atoms with Crippen LogP contribution in [-0.4, -0.2) is 41.1 Å². The predicted molar refractivity (Wildman–Crippen MR) is 82.6 cm³/mol. The van der Waals surface area contributed by atoms with E-state index in [1.807, 2.05) is 13.0 Å².